The molecule has 0 unspecified atom stereocenters. The van der Waals surface area contributed by atoms with E-state index in [0.29, 0.717) is 12.6 Å². The zero-order valence-corrected chi connectivity index (χ0v) is 13.0. The van der Waals surface area contributed by atoms with Gasteiger partial charge in [-0.1, -0.05) is 13.8 Å². The highest BCUT2D eigenvalue weighted by Crippen LogP contribution is 2.25. The molecule has 21 heavy (non-hydrogen) atoms. The van der Waals surface area contributed by atoms with Crippen molar-refractivity contribution in [2.24, 2.45) is 7.05 Å². The number of aryl methyl sites for hydroxylation is 1. The van der Waals surface area contributed by atoms with Gasteiger partial charge in [0.2, 0.25) is 0 Å². The molecule has 0 spiro atoms. The smallest absolute Gasteiger partial charge is 0.170 e. The van der Waals surface area contributed by atoms with Gasteiger partial charge in [0.25, 0.3) is 0 Å². The fourth-order valence-electron chi connectivity index (χ4n) is 1.86. The highest BCUT2D eigenvalue weighted by molar-refractivity contribution is 5.40. The van der Waals surface area contributed by atoms with Crippen molar-refractivity contribution in [1.82, 2.24) is 20.1 Å². The number of hydrogen-bond acceptors (Lipinski definition) is 5. The van der Waals surface area contributed by atoms with Gasteiger partial charge in [0.1, 0.15) is 24.4 Å². The predicted molar refractivity (Wildman–Crippen MR) is 80.3 cm³/mol. The lowest BCUT2D eigenvalue weighted by Gasteiger charge is -2.14. The van der Waals surface area contributed by atoms with Crippen LogP contribution < -0.4 is 14.8 Å². The lowest BCUT2D eigenvalue weighted by molar-refractivity contribution is 0.286. The summed E-state index contributed by atoms with van der Waals surface area (Å²) in [5.74, 6) is 2.43. The summed E-state index contributed by atoms with van der Waals surface area (Å²) in [5.41, 5.74) is 1.06. The van der Waals surface area contributed by atoms with Gasteiger partial charge in [0.05, 0.1) is 7.11 Å². The van der Waals surface area contributed by atoms with Gasteiger partial charge >= 0.3 is 0 Å². The molecule has 0 fully saturated rings. The van der Waals surface area contributed by atoms with Gasteiger partial charge in [-0.15, -0.1) is 10.2 Å². The van der Waals surface area contributed by atoms with Crippen molar-refractivity contribution in [2.75, 3.05) is 7.11 Å². The molecule has 114 valence electrons. The van der Waals surface area contributed by atoms with Crippen molar-refractivity contribution in [3.8, 4) is 11.5 Å². The predicted octanol–water partition coefficient (Wildman–Crippen LogP) is 1.90. The molecule has 0 atom stereocenters. The Kier molecular flexibility index (Phi) is 5.16. The van der Waals surface area contributed by atoms with Crippen LogP contribution in [-0.2, 0) is 20.2 Å². The molecule has 2 rings (SSSR count). The summed E-state index contributed by atoms with van der Waals surface area (Å²) in [5, 5.41) is 11.2. The SMILES string of the molecule is COc1ccc(OCc2nncn2C)c(CNC(C)C)c1. The molecule has 0 radical (unpaired) electrons. The van der Waals surface area contributed by atoms with E-state index in [1.54, 1.807) is 13.4 Å². The second-order valence-corrected chi connectivity index (χ2v) is 5.16. The molecule has 0 saturated heterocycles. The Morgan fingerprint density at radius 2 is 2.14 bits per heavy atom. The van der Waals surface area contributed by atoms with E-state index in [0.717, 1.165) is 29.4 Å². The Morgan fingerprint density at radius 3 is 2.76 bits per heavy atom. The third-order valence-corrected chi connectivity index (χ3v) is 3.13. The minimum atomic E-state index is 0.386. The first kappa shape index (κ1) is 15.3. The Balaban J connectivity index is 2.11. The van der Waals surface area contributed by atoms with Crippen LogP contribution in [0, 0.1) is 0 Å². The Bertz CT molecular complexity index is 581. The van der Waals surface area contributed by atoms with Gasteiger partial charge in [-0.3, -0.25) is 0 Å². The van der Waals surface area contributed by atoms with E-state index in [1.807, 2.05) is 29.8 Å². The van der Waals surface area contributed by atoms with Gasteiger partial charge < -0.3 is 19.4 Å². The van der Waals surface area contributed by atoms with Crippen molar-refractivity contribution >= 4 is 0 Å². The zero-order chi connectivity index (χ0) is 15.2. The summed E-state index contributed by atoms with van der Waals surface area (Å²) in [4.78, 5) is 0. The van der Waals surface area contributed by atoms with Gasteiger partial charge in [0.15, 0.2) is 5.82 Å². The molecule has 0 saturated carbocycles. The van der Waals surface area contributed by atoms with Crippen LogP contribution in [0.15, 0.2) is 24.5 Å². The van der Waals surface area contributed by atoms with Gasteiger partial charge in [-0.05, 0) is 18.2 Å². The van der Waals surface area contributed by atoms with E-state index in [9.17, 15) is 0 Å². The summed E-state index contributed by atoms with van der Waals surface area (Å²) < 4.78 is 13.0. The van der Waals surface area contributed by atoms with Crippen molar-refractivity contribution in [3.05, 3.63) is 35.9 Å². The largest absolute Gasteiger partial charge is 0.497 e. The van der Waals surface area contributed by atoms with E-state index in [4.69, 9.17) is 9.47 Å². The Labute approximate surface area is 125 Å². The Hall–Kier alpha value is -2.08. The molecule has 1 N–H and O–H groups in total. The number of ether oxygens (including phenoxy) is 2. The van der Waals surface area contributed by atoms with Crippen molar-refractivity contribution < 1.29 is 9.47 Å². The van der Waals surface area contributed by atoms with Crippen LogP contribution in [0.1, 0.15) is 25.2 Å². The molecule has 0 bridgehead atoms. The quantitative estimate of drug-likeness (QED) is 0.844. The molecule has 0 aliphatic carbocycles. The zero-order valence-electron chi connectivity index (χ0n) is 13.0. The van der Waals surface area contributed by atoms with Crippen molar-refractivity contribution in [1.29, 1.82) is 0 Å². The summed E-state index contributed by atoms with van der Waals surface area (Å²) in [6.45, 7) is 5.33. The highest BCUT2D eigenvalue weighted by Gasteiger charge is 2.09. The third kappa shape index (κ3) is 4.19. The lowest BCUT2D eigenvalue weighted by atomic mass is 10.1. The molecule has 0 aliphatic heterocycles. The molecule has 6 nitrogen and oxygen atoms in total. The van der Waals surface area contributed by atoms with E-state index in [-0.39, 0.29) is 0 Å². The number of aromatic nitrogens is 3. The fraction of sp³-hybridized carbons (Fsp3) is 0.467. The minimum Gasteiger partial charge on any atom is -0.497 e. The maximum atomic E-state index is 5.88. The number of hydrogen-bond donors (Lipinski definition) is 1. The fourth-order valence-corrected chi connectivity index (χ4v) is 1.86. The number of nitrogens with zero attached hydrogens (tertiary/aromatic N) is 3. The average molecular weight is 290 g/mol. The van der Waals surface area contributed by atoms with Gasteiger partial charge in [-0.2, -0.15) is 0 Å². The molecule has 1 aromatic carbocycles. The number of rotatable bonds is 7. The topological polar surface area (TPSA) is 61.2 Å². The third-order valence-electron chi connectivity index (χ3n) is 3.13. The maximum absolute atomic E-state index is 5.88. The lowest BCUT2D eigenvalue weighted by Crippen LogP contribution is -2.22. The first-order chi connectivity index (χ1) is 10.1. The van der Waals surface area contributed by atoms with Crippen molar-refractivity contribution in [2.45, 2.75) is 33.0 Å². The van der Waals surface area contributed by atoms with Crippen LogP contribution >= 0.6 is 0 Å². The monoisotopic (exact) mass is 290 g/mol. The number of nitrogens with one attached hydrogen (secondary N) is 1. The molecular formula is C15H22N4O2. The van der Waals surface area contributed by atoms with Crippen molar-refractivity contribution in [3.63, 3.8) is 0 Å². The van der Waals surface area contributed by atoms with E-state index >= 15 is 0 Å². The normalized spacial score (nSPS) is 10.9. The first-order valence-corrected chi connectivity index (χ1v) is 6.96. The molecule has 0 amide bonds. The minimum absolute atomic E-state index is 0.386. The van der Waals surface area contributed by atoms with Crippen LogP contribution in [-0.4, -0.2) is 27.9 Å². The summed E-state index contributed by atoms with van der Waals surface area (Å²) in [6, 6.07) is 6.21. The molecule has 2 aromatic rings. The van der Waals surface area contributed by atoms with Crippen LogP contribution in [0.25, 0.3) is 0 Å². The summed E-state index contributed by atoms with van der Waals surface area (Å²) in [6.07, 6.45) is 1.66. The van der Waals surface area contributed by atoms with E-state index in [1.165, 1.54) is 0 Å². The number of methoxy groups -OCH3 is 1. The first-order valence-electron chi connectivity index (χ1n) is 6.96. The standard InChI is InChI=1S/C15H22N4O2/c1-11(2)16-8-12-7-13(20-4)5-6-14(12)21-9-15-18-17-10-19(15)3/h5-7,10-11,16H,8-9H2,1-4H3. The summed E-state index contributed by atoms with van der Waals surface area (Å²) >= 11 is 0. The molecule has 6 heteroatoms. The van der Waals surface area contributed by atoms with Gasteiger partial charge in [0, 0.05) is 25.2 Å². The van der Waals surface area contributed by atoms with Crippen LogP contribution in [0.5, 0.6) is 11.5 Å². The van der Waals surface area contributed by atoms with Gasteiger partial charge in [-0.25, -0.2) is 0 Å². The van der Waals surface area contributed by atoms with Crippen LogP contribution in [0.3, 0.4) is 0 Å². The summed E-state index contributed by atoms with van der Waals surface area (Å²) in [7, 11) is 3.56. The number of benzene rings is 1. The second kappa shape index (κ2) is 7.08. The van der Waals surface area contributed by atoms with Crippen LogP contribution in [0.2, 0.25) is 0 Å². The van der Waals surface area contributed by atoms with E-state index in [2.05, 4.69) is 29.4 Å². The molecule has 1 heterocycles. The average Bonchev–Trinajstić information content (AvgIpc) is 2.88. The molecule has 1 aromatic heterocycles. The Morgan fingerprint density at radius 1 is 1.33 bits per heavy atom. The highest BCUT2D eigenvalue weighted by atomic mass is 16.5. The maximum Gasteiger partial charge on any atom is 0.170 e. The van der Waals surface area contributed by atoms with E-state index < -0.39 is 0 Å². The second-order valence-electron chi connectivity index (χ2n) is 5.16. The molecular weight excluding hydrogens is 268 g/mol. The molecule has 0 aliphatic rings. The van der Waals surface area contributed by atoms with Crippen LogP contribution in [0.4, 0.5) is 0 Å².